The number of hydrogen-bond acceptors (Lipinski definition) is 7. The van der Waals surface area contributed by atoms with Gasteiger partial charge >= 0.3 is 0 Å². The lowest BCUT2D eigenvalue weighted by molar-refractivity contribution is 0.102. The van der Waals surface area contributed by atoms with E-state index in [1.807, 2.05) is 0 Å². The summed E-state index contributed by atoms with van der Waals surface area (Å²) in [6.07, 6.45) is 0. The lowest BCUT2D eigenvalue weighted by Crippen LogP contribution is -2.13. The van der Waals surface area contributed by atoms with Crippen molar-refractivity contribution < 1.29 is 48.4 Å². The van der Waals surface area contributed by atoms with Crippen LogP contribution in [0, 0.1) is 29.1 Å². The summed E-state index contributed by atoms with van der Waals surface area (Å²) >= 11 is 10.7. The average molecular weight is 752 g/mol. The van der Waals surface area contributed by atoms with E-state index in [0.717, 1.165) is 54.6 Å². The SMILES string of the molecule is Nc1ccc(F)c(F)c1.O=C(Cl)c1ccc(F)c(S(=O)(=O)Cl)c1.O=C(Nc1ccc(F)c(Cl)c1)c1ccc(F)c(S(=O)(=O)Cl)c1. The van der Waals surface area contributed by atoms with E-state index in [1.165, 1.54) is 18.2 Å². The van der Waals surface area contributed by atoms with Gasteiger partial charge in [-0.15, -0.1) is 0 Å². The molecule has 240 valence electrons. The van der Waals surface area contributed by atoms with Crippen LogP contribution in [0.1, 0.15) is 20.7 Å². The molecular weight excluding hydrogens is 737 g/mol. The largest absolute Gasteiger partial charge is 0.399 e. The fourth-order valence-corrected chi connectivity index (χ4v) is 5.08. The molecule has 0 aliphatic rings. The summed E-state index contributed by atoms with van der Waals surface area (Å²) in [6, 6.07) is 12.1. The van der Waals surface area contributed by atoms with Crippen LogP contribution >= 0.6 is 44.6 Å². The van der Waals surface area contributed by atoms with Crippen LogP contribution in [0.4, 0.5) is 33.3 Å². The number of hydrogen-bond donors (Lipinski definition) is 2. The number of nitrogens with one attached hydrogen (secondary N) is 1. The Kier molecular flexibility index (Phi) is 13.2. The second-order valence-electron chi connectivity index (χ2n) is 8.20. The smallest absolute Gasteiger partial charge is 0.264 e. The molecule has 0 radical (unpaired) electrons. The van der Waals surface area contributed by atoms with Gasteiger partial charge in [-0.2, -0.15) is 0 Å². The van der Waals surface area contributed by atoms with Crippen LogP contribution < -0.4 is 11.1 Å². The fraction of sp³-hybridized carbons (Fsp3) is 0. The summed E-state index contributed by atoms with van der Waals surface area (Å²) < 4.78 is 108. The van der Waals surface area contributed by atoms with Crippen LogP contribution in [0.5, 0.6) is 0 Å². The highest BCUT2D eigenvalue weighted by atomic mass is 35.7. The molecule has 0 aliphatic heterocycles. The topological polar surface area (TPSA) is 140 Å². The number of carbonyl (C=O) groups excluding carboxylic acids is 2. The first-order chi connectivity index (χ1) is 20.7. The lowest BCUT2D eigenvalue weighted by Gasteiger charge is -2.07. The minimum Gasteiger partial charge on any atom is -0.399 e. The zero-order chi connectivity index (χ0) is 34.3. The Balaban J connectivity index is 0.000000261. The van der Waals surface area contributed by atoms with E-state index in [-0.39, 0.29) is 27.5 Å². The molecule has 0 heterocycles. The molecule has 1 amide bonds. The van der Waals surface area contributed by atoms with Gasteiger partial charge in [-0.1, -0.05) is 11.6 Å². The molecule has 0 spiro atoms. The van der Waals surface area contributed by atoms with Crippen molar-refractivity contribution in [2.45, 2.75) is 9.79 Å². The first-order valence-corrected chi connectivity index (χ1v) is 16.7. The highest BCUT2D eigenvalue weighted by Gasteiger charge is 2.20. The van der Waals surface area contributed by atoms with Crippen LogP contribution in [0.3, 0.4) is 0 Å². The number of rotatable bonds is 5. The predicted molar refractivity (Wildman–Crippen MR) is 159 cm³/mol. The molecule has 0 bridgehead atoms. The molecule has 0 saturated carbocycles. The molecule has 45 heavy (non-hydrogen) atoms. The van der Waals surface area contributed by atoms with Crippen LogP contribution in [-0.4, -0.2) is 28.0 Å². The van der Waals surface area contributed by atoms with Gasteiger partial charge in [-0.3, -0.25) is 9.59 Å². The maximum atomic E-state index is 13.4. The molecule has 0 saturated heterocycles. The molecule has 0 unspecified atom stereocenters. The number of anilines is 2. The number of benzene rings is 4. The predicted octanol–water partition coefficient (Wildman–Crippen LogP) is 7.48. The Bertz CT molecular complexity index is 1980. The number of amides is 1. The summed E-state index contributed by atoms with van der Waals surface area (Å²) in [6.45, 7) is 0. The van der Waals surface area contributed by atoms with Crippen molar-refractivity contribution in [3.8, 4) is 0 Å². The minimum atomic E-state index is -4.33. The second kappa shape index (κ2) is 15.7. The molecule has 3 N–H and O–H groups in total. The van der Waals surface area contributed by atoms with Crippen molar-refractivity contribution >= 4 is 85.2 Å². The molecule has 4 aromatic rings. The van der Waals surface area contributed by atoms with Crippen molar-refractivity contribution in [1.82, 2.24) is 0 Å². The highest BCUT2D eigenvalue weighted by Crippen LogP contribution is 2.23. The number of carbonyl (C=O) groups is 2. The van der Waals surface area contributed by atoms with E-state index in [2.05, 4.69) is 5.32 Å². The molecule has 0 atom stereocenters. The van der Waals surface area contributed by atoms with Gasteiger partial charge < -0.3 is 11.1 Å². The third-order valence-electron chi connectivity index (χ3n) is 5.00. The Morgan fingerprint density at radius 2 is 1.09 bits per heavy atom. The van der Waals surface area contributed by atoms with E-state index in [1.54, 1.807) is 0 Å². The molecule has 8 nitrogen and oxygen atoms in total. The maximum Gasteiger partial charge on any atom is 0.264 e. The zero-order valence-corrected chi connectivity index (χ0v) is 26.3. The quantitative estimate of drug-likeness (QED) is 0.122. The Hall–Kier alpha value is -3.47. The molecular formula is C26H15Cl4F5N2O6S2. The maximum absolute atomic E-state index is 13.4. The molecule has 0 fully saturated rings. The Labute approximate surface area is 271 Å². The van der Waals surface area contributed by atoms with Gasteiger partial charge in [0, 0.05) is 43.9 Å². The molecule has 4 aromatic carbocycles. The second-order valence-corrected chi connectivity index (χ2v) is 14.0. The third-order valence-corrected chi connectivity index (χ3v) is 8.18. The first-order valence-electron chi connectivity index (χ1n) is 11.4. The summed E-state index contributed by atoms with van der Waals surface area (Å²) in [4.78, 5) is 21.1. The normalized spacial score (nSPS) is 11.0. The van der Waals surface area contributed by atoms with Gasteiger partial charge in [-0.05, 0) is 84.4 Å². The van der Waals surface area contributed by atoms with E-state index in [4.69, 9.17) is 50.3 Å². The lowest BCUT2D eigenvalue weighted by atomic mass is 10.2. The van der Waals surface area contributed by atoms with Gasteiger partial charge in [-0.25, -0.2) is 38.8 Å². The van der Waals surface area contributed by atoms with Crippen molar-refractivity contribution in [3.63, 3.8) is 0 Å². The standard InChI is InChI=1S/C13H7Cl2F2NO3S.C7H3Cl2FO3S.C6H5F2N/c14-9-6-8(2-4-10(9)16)18-13(19)7-1-3-11(17)12(5-7)22(15,20)21;8-7(11)4-1-2-5(10)6(3-4)14(9,12)13;7-5-2-1-4(9)3-6(5)8/h1-6H,(H,18,19);1-3H;1-3H,9H2. The van der Waals surface area contributed by atoms with Crippen molar-refractivity contribution in [2.75, 3.05) is 11.1 Å². The van der Waals surface area contributed by atoms with Crippen molar-refractivity contribution in [2.24, 2.45) is 0 Å². The van der Waals surface area contributed by atoms with Gasteiger partial charge in [0.25, 0.3) is 29.3 Å². The number of nitrogen functional groups attached to an aromatic ring is 1. The van der Waals surface area contributed by atoms with E-state index in [9.17, 15) is 48.4 Å². The van der Waals surface area contributed by atoms with Crippen LogP contribution in [0.2, 0.25) is 5.02 Å². The van der Waals surface area contributed by atoms with Gasteiger partial charge in [0.2, 0.25) is 0 Å². The summed E-state index contributed by atoms with van der Waals surface area (Å²) in [5, 5.41) is 1.30. The zero-order valence-electron chi connectivity index (χ0n) is 21.7. The van der Waals surface area contributed by atoms with Gasteiger partial charge in [0.05, 0.1) is 5.02 Å². The van der Waals surface area contributed by atoms with E-state index < -0.39 is 68.1 Å². The average Bonchev–Trinajstić information content (AvgIpc) is 2.93. The number of nitrogens with two attached hydrogens (primary N) is 1. The van der Waals surface area contributed by atoms with E-state index in [0.29, 0.717) is 0 Å². The summed E-state index contributed by atoms with van der Waals surface area (Å²) in [5.74, 6) is -5.27. The third kappa shape index (κ3) is 11.4. The number of halogens is 9. The molecule has 19 heteroatoms. The monoisotopic (exact) mass is 750 g/mol. The van der Waals surface area contributed by atoms with Gasteiger partial charge in [0.1, 0.15) is 27.2 Å². The fourth-order valence-electron chi connectivity index (χ4n) is 2.93. The summed E-state index contributed by atoms with van der Waals surface area (Å²) in [7, 11) is 1.47. The van der Waals surface area contributed by atoms with Crippen molar-refractivity contribution in [3.05, 3.63) is 118 Å². The summed E-state index contributed by atoms with van der Waals surface area (Å²) in [5.41, 5.74) is 5.27. The van der Waals surface area contributed by atoms with Crippen LogP contribution in [-0.2, 0) is 18.1 Å². The minimum absolute atomic E-state index is 0.132. The van der Waals surface area contributed by atoms with Gasteiger partial charge in [0.15, 0.2) is 11.6 Å². The van der Waals surface area contributed by atoms with E-state index >= 15 is 0 Å². The van der Waals surface area contributed by atoms with Crippen LogP contribution in [0.25, 0.3) is 0 Å². The Morgan fingerprint density at radius 3 is 1.53 bits per heavy atom. The molecule has 0 aromatic heterocycles. The van der Waals surface area contributed by atoms with Crippen LogP contribution in [0.15, 0.2) is 82.6 Å². The Morgan fingerprint density at radius 1 is 0.622 bits per heavy atom. The van der Waals surface area contributed by atoms with Crippen molar-refractivity contribution in [1.29, 1.82) is 0 Å². The first kappa shape index (κ1) is 37.7. The molecule has 0 aliphatic carbocycles. The molecule has 4 rings (SSSR count). The highest BCUT2D eigenvalue weighted by molar-refractivity contribution is 8.14.